The molecule has 0 bridgehead atoms. The van der Waals surface area contributed by atoms with Crippen LogP contribution in [0.5, 0.6) is 5.75 Å². The van der Waals surface area contributed by atoms with E-state index in [1.807, 2.05) is 0 Å². The van der Waals surface area contributed by atoms with Gasteiger partial charge < -0.3 is 9.47 Å². The smallest absolute Gasteiger partial charge is 0.269 e. The Morgan fingerprint density at radius 2 is 1.92 bits per heavy atom. The van der Waals surface area contributed by atoms with Crippen LogP contribution < -0.4 is 4.74 Å². The van der Waals surface area contributed by atoms with Crippen LogP contribution in [-0.4, -0.2) is 23.2 Å². The lowest BCUT2D eigenvalue weighted by atomic mass is 9.98. The van der Waals surface area contributed by atoms with Gasteiger partial charge in [0, 0.05) is 12.1 Å². The Morgan fingerprint density at radius 3 is 2.46 bits per heavy atom. The van der Waals surface area contributed by atoms with Crippen LogP contribution in [0.4, 0.5) is 5.69 Å². The molecule has 5 nitrogen and oxygen atoms in total. The molecule has 0 aliphatic rings. The zero-order valence-electron chi connectivity index (χ0n) is 15.4. The summed E-state index contributed by atoms with van der Waals surface area (Å²) in [5.74, 6) is 0.635. The van der Waals surface area contributed by atoms with E-state index in [2.05, 4.69) is 40.7 Å². The van der Waals surface area contributed by atoms with Crippen LogP contribution in [0.2, 0.25) is 0 Å². The fraction of sp³-hybridized carbons (Fsp3) is 0.579. The van der Waals surface area contributed by atoms with Crippen LogP contribution in [0.1, 0.15) is 53.9 Å². The van der Waals surface area contributed by atoms with Gasteiger partial charge in [0.25, 0.3) is 5.69 Å². The molecule has 0 aromatic heterocycles. The average Bonchev–Trinajstić information content (AvgIpc) is 2.46. The number of rotatable bonds is 10. The van der Waals surface area contributed by atoms with Crippen molar-refractivity contribution >= 4 is 5.69 Å². The molecule has 134 valence electrons. The van der Waals surface area contributed by atoms with Crippen molar-refractivity contribution in [3.8, 4) is 5.75 Å². The number of non-ortho nitro benzene ring substituents is 1. The fourth-order valence-electron chi connectivity index (χ4n) is 2.54. The predicted molar refractivity (Wildman–Crippen MR) is 96.5 cm³/mol. The molecule has 24 heavy (non-hydrogen) atoms. The molecular formula is C19H29NO4. The van der Waals surface area contributed by atoms with Crippen molar-refractivity contribution in [1.82, 2.24) is 0 Å². The minimum Gasteiger partial charge on any atom is -0.490 e. The van der Waals surface area contributed by atoms with E-state index in [9.17, 15) is 10.1 Å². The van der Waals surface area contributed by atoms with Crippen LogP contribution in [0.25, 0.3) is 0 Å². The lowest BCUT2D eigenvalue weighted by molar-refractivity contribution is -0.384. The maximum absolute atomic E-state index is 10.6. The van der Waals surface area contributed by atoms with Crippen LogP contribution >= 0.6 is 0 Å². The number of nitro groups is 1. The molecule has 0 heterocycles. The summed E-state index contributed by atoms with van der Waals surface area (Å²) in [5.41, 5.74) is 1.25. The highest BCUT2D eigenvalue weighted by Gasteiger charge is 2.19. The van der Waals surface area contributed by atoms with Crippen LogP contribution in [0, 0.1) is 10.1 Å². The predicted octanol–water partition coefficient (Wildman–Crippen LogP) is 5.29. The van der Waals surface area contributed by atoms with Gasteiger partial charge in [-0.05, 0) is 72.1 Å². The standard InChI is InChI=1S/C19H29NO4/c1-15(2)24-19(4,5)13-6-7-16(3)12-14-23-18-10-8-17(9-11-18)20(21)22/h8-12,15H,6-7,13-14H2,1-5H3. The lowest BCUT2D eigenvalue weighted by Crippen LogP contribution is -2.27. The molecule has 1 aromatic carbocycles. The second-order valence-electron chi connectivity index (χ2n) is 6.89. The van der Waals surface area contributed by atoms with Crippen molar-refractivity contribution in [3.05, 3.63) is 46.0 Å². The van der Waals surface area contributed by atoms with E-state index < -0.39 is 4.92 Å². The minimum absolute atomic E-state index is 0.0697. The Kier molecular flexibility index (Phi) is 7.92. The third-order valence-corrected chi connectivity index (χ3v) is 3.63. The third kappa shape index (κ3) is 8.11. The maximum Gasteiger partial charge on any atom is 0.269 e. The number of ether oxygens (including phenoxy) is 2. The van der Waals surface area contributed by atoms with Gasteiger partial charge in [-0.25, -0.2) is 0 Å². The van der Waals surface area contributed by atoms with Gasteiger partial charge >= 0.3 is 0 Å². The summed E-state index contributed by atoms with van der Waals surface area (Å²) >= 11 is 0. The maximum atomic E-state index is 10.6. The summed E-state index contributed by atoms with van der Waals surface area (Å²) in [5, 5.41) is 10.6. The SMILES string of the molecule is CC(=CCOc1ccc([N+](=O)[O-])cc1)CCCC(C)(C)OC(C)C. The summed E-state index contributed by atoms with van der Waals surface area (Å²) < 4.78 is 11.5. The molecule has 0 unspecified atom stereocenters. The summed E-state index contributed by atoms with van der Waals surface area (Å²) in [6.07, 6.45) is 5.39. The van der Waals surface area contributed by atoms with E-state index in [-0.39, 0.29) is 17.4 Å². The van der Waals surface area contributed by atoms with Gasteiger partial charge in [-0.3, -0.25) is 10.1 Å². The van der Waals surface area contributed by atoms with Crippen LogP contribution in [0.15, 0.2) is 35.9 Å². The number of hydrogen-bond acceptors (Lipinski definition) is 4. The zero-order valence-corrected chi connectivity index (χ0v) is 15.4. The Morgan fingerprint density at radius 1 is 1.29 bits per heavy atom. The van der Waals surface area contributed by atoms with E-state index in [0.29, 0.717) is 12.4 Å². The van der Waals surface area contributed by atoms with Crippen molar-refractivity contribution in [1.29, 1.82) is 0 Å². The Bertz CT molecular complexity index is 547. The highest BCUT2D eigenvalue weighted by Crippen LogP contribution is 2.21. The summed E-state index contributed by atoms with van der Waals surface area (Å²) in [4.78, 5) is 10.2. The number of allylic oxidation sites excluding steroid dienone is 1. The fourth-order valence-corrected chi connectivity index (χ4v) is 2.54. The molecule has 0 amide bonds. The Hall–Kier alpha value is -1.88. The van der Waals surface area contributed by atoms with Gasteiger partial charge in [-0.1, -0.05) is 5.57 Å². The van der Waals surface area contributed by atoms with E-state index in [1.54, 1.807) is 12.1 Å². The van der Waals surface area contributed by atoms with Crippen LogP contribution in [0.3, 0.4) is 0 Å². The van der Waals surface area contributed by atoms with E-state index in [4.69, 9.17) is 9.47 Å². The Labute approximate surface area is 144 Å². The summed E-state index contributed by atoms with van der Waals surface area (Å²) in [7, 11) is 0. The molecule has 1 aromatic rings. The molecule has 0 aliphatic heterocycles. The topological polar surface area (TPSA) is 61.6 Å². The largest absolute Gasteiger partial charge is 0.490 e. The van der Waals surface area contributed by atoms with E-state index in [1.165, 1.54) is 17.7 Å². The number of hydrogen-bond donors (Lipinski definition) is 0. The highest BCUT2D eigenvalue weighted by molar-refractivity contribution is 5.36. The molecule has 0 N–H and O–H groups in total. The minimum atomic E-state index is -0.418. The molecule has 0 saturated heterocycles. The monoisotopic (exact) mass is 335 g/mol. The van der Waals surface area contributed by atoms with Crippen molar-refractivity contribution in [2.45, 2.75) is 65.6 Å². The quantitative estimate of drug-likeness (QED) is 0.331. The molecule has 0 radical (unpaired) electrons. The van der Waals surface area contributed by atoms with Crippen molar-refractivity contribution < 1.29 is 14.4 Å². The zero-order chi connectivity index (χ0) is 18.2. The first-order valence-corrected chi connectivity index (χ1v) is 8.40. The van der Waals surface area contributed by atoms with Gasteiger partial charge in [-0.2, -0.15) is 0 Å². The van der Waals surface area contributed by atoms with Gasteiger partial charge in [0.15, 0.2) is 0 Å². The summed E-state index contributed by atoms with van der Waals surface area (Å²) in [6, 6.07) is 6.13. The lowest BCUT2D eigenvalue weighted by Gasteiger charge is -2.27. The van der Waals surface area contributed by atoms with Gasteiger partial charge in [-0.15, -0.1) is 0 Å². The van der Waals surface area contributed by atoms with E-state index >= 15 is 0 Å². The summed E-state index contributed by atoms with van der Waals surface area (Å²) in [6.45, 7) is 10.9. The molecule has 5 heteroatoms. The highest BCUT2D eigenvalue weighted by atomic mass is 16.6. The first-order chi connectivity index (χ1) is 11.2. The molecule has 0 aliphatic carbocycles. The Balaban J connectivity index is 2.33. The second-order valence-corrected chi connectivity index (χ2v) is 6.89. The van der Waals surface area contributed by atoms with Crippen molar-refractivity contribution in [2.75, 3.05) is 6.61 Å². The van der Waals surface area contributed by atoms with Crippen molar-refractivity contribution in [2.24, 2.45) is 0 Å². The molecule has 1 rings (SSSR count). The normalized spacial score (nSPS) is 12.5. The molecule has 0 fully saturated rings. The molecule has 0 saturated carbocycles. The first-order valence-electron chi connectivity index (χ1n) is 8.40. The molecular weight excluding hydrogens is 306 g/mol. The second kappa shape index (κ2) is 9.42. The van der Waals surface area contributed by atoms with Gasteiger partial charge in [0.1, 0.15) is 12.4 Å². The van der Waals surface area contributed by atoms with Gasteiger partial charge in [0.2, 0.25) is 0 Å². The van der Waals surface area contributed by atoms with Gasteiger partial charge in [0.05, 0.1) is 16.6 Å². The molecule has 0 spiro atoms. The average molecular weight is 335 g/mol. The first kappa shape index (κ1) is 20.2. The number of nitro benzene ring substituents is 1. The van der Waals surface area contributed by atoms with Crippen molar-refractivity contribution in [3.63, 3.8) is 0 Å². The molecule has 0 atom stereocenters. The third-order valence-electron chi connectivity index (χ3n) is 3.63. The van der Waals surface area contributed by atoms with E-state index in [0.717, 1.165) is 19.3 Å². The number of benzene rings is 1. The number of nitrogens with zero attached hydrogens (tertiary/aromatic N) is 1. The van der Waals surface area contributed by atoms with Crippen LogP contribution in [-0.2, 0) is 4.74 Å².